The van der Waals surface area contributed by atoms with Crippen LogP contribution in [0.15, 0.2) is 47.1 Å². The maximum atomic E-state index is 13.3. The molecule has 0 radical (unpaired) electrons. The van der Waals surface area contributed by atoms with Crippen molar-refractivity contribution < 1.29 is 9.53 Å². The Balaban J connectivity index is 1.78. The van der Waals surface area contributed by atoms with Crippen molar-refractivity contribution in [1.29, 1.82) is 10.5 Å². The fraction of sp³-hybridized carbons (Fsp3) is 0.269. The number of piperazine rings is 1. The van der Waals surface area contributed by atoms with E-state index in [1.54, 1.807) is 42.1 Å². The van der Waals surface area contributed by atoms with Gasteiger partial charge >= 0.3 is 0 Å². The summed E-state index contributed by atoms with van der Waals surface area (Å²) in [6.07, 6.45) is 3.44. The molecule has 34 heavy (non-hydrogen) atoms. The second-order valence-electron chi connectivity index (χ2n) is 8.29. The number of halogens is 1. The van der Waals surface area contributed by atoms with Gasteiger partial charge < -0.3 is 9.64 Å². The molecule has 0 amide bonds. The summed E-state index contributed by atoms with van der Waals surface area (Å²) in [6, 6.07) is 15.1. The van der Waals surface area contributed by atoms with Gasteiger partial charge in [-0.1, -0.05) is 15.9 Å². The van der Waals surface area contributed by atoms with Crippen LogP contribution in [0.2, 0.25) is 0 Å². The number of hydrogen-bond donors (Lipinski definition) is 0. The molecule has 2 heterocycles. The largest absolute Gasteiger partial charge is 0.496 e. The first-order valence-corrected chi connectivity index (χ1v) is 11.7. The van der Waals surface area contributed by atoms with Crippen molar-refractivity contribution in [3.63, 3.8) is 0 Å². The van der Waals surface area contributed by atoms with E-state index in [-0.39, 0.29) is 5.91 Å². The zero-order valence-electron chi connectivity index (χ0n) is 19.1. The summed E-state index contributed by atoms with van der Waals surface area (Å²) in [4.78, 5) is 17.7. The Bertz CT molecular complexity index is 1350. The smallest absolute Gasteiger partial charge is 0.245 e. The molecule has 0 spiro atoms. The van der Waals surface area contributed by atoms with Crippen LogP contribution in [-0.4, -0.2) is 67.2 Å². The predicted molar refractivity (Wildman–Crippen MR) is 135 cm³/mol. The Hall–Kier alpha value is -3.43. The lowest BCUT2D eigenvalue weighted by atomic mass is 10.0. The summed E-state index contributed by atoms with van der Waals surface area (Å²) < 4.78 is 7.93. The number of allylic oxidation sites excluding steroid dienone is 1. The molecule has 0 bridgehead atoms. The standard InChI is InChI=1S/C26H24BrN5O2/c1-30-7-9-31(10-8-30)17-26(33)32-16-23(22-13-21(27)4-5-24(22)32)20(15-29)12-19-11-18(14-28)3-6-25(19)34-2/h3-6,11-13,16H,7-10,17H2,1-2H3. The van der Waals surface area contributed by atoms with Crippen LogP contribution in [0, 0.1) is 22.7 Å². The highest BCUT2D eigenvalue weighted by atomic mass is 79.9. The van der Waals surface area contributed by atoms with E-state index < -0.39 is 0 Å². The molecule has 1 saturated heterocycles. The number of carbonyl (C=O) groups excluding carboxylic acids is 1. The molecule has 0 aliphatic carbocycles. The minimum absolute atomic E-state index is 0.0375. The van der Waals surface area contributed by atoms with Gasteiger partial charge in [0.25, 0.3) is 0 Å². The number of rotatable bonds is 5. The molecule has 1 aliphatic rings. The zero-order chi connectivity index (χ0) is 24.2. The van der Waals surface area contributed by atoms with Crippen molar-refractivity contribution in [2.75, 3.05) is 46.9 Å². The molecular formula is C26H24BrN5O2. The van der Waals surface area contributed by atoms with E-state index in [1.165, 1.54) is 0 Å². The molecular weight excluding hydrogens is 494 g/mol. The van der Waals surface area contributed by atoms with Gasteiger partial charge in [0.05, 0.1) is 42.4 Å². The first-order chi connectivity index (χ1) is 16.4. The number of nitriles is 2. The first kappa shape index (κ1) is 23.7. The van der Waals surface area contributed by atoms with Crippen LogP contribution in [0.3, 0.4) is 0 Å². The Morgan fingerprint density at radius 2 is 1.91 bits per heavy atom. The molecule has 172 valence electrons. The molecule has 0 saturated carbocycles. The van der Waals surface area contributed by atoms with Crippen molar-refractivity contribution in [1.82, 2.24) is 14.4 Å². The molecule has 4 rings (SSSR count). The van der Waals surface area contributed by atoms with Gasteiger partial charge in [-0.2, -0.15) is 10.5 Å². The highest BCUT2D eigenvalue weighted by molar-refractivity contribution is 9.10. The van der Waals surface area contributed by atoms with E-state index >= 15 is 0 Å². The van der Waals surface area contributed by atoms with E-state index in [2.05, 4.69) is 44.9 Å². The number of hydrogen-bond acceptors (Lipinski definition) is 6. The van der Waals surface area contributed by atoms with Gasteiger partial charge in [0.15, 0.2) is 0 Å². The minimum atomic E-state index is -0.0375. The van der Waals surface area contributed by atoms with Crippen molar-refractivity contribution in [3.05, 3.63) is 63.8 Å². The van der Waals surface area contributed by atoms with Gasteiger partial charge in [-0.05, 0) is 49.5 Å². The summed E-state index contributed by atoms with van der Waals surface area (Å²) in [5.41, 5.74) is 2.86. The number of nitrogens with zero attached hydrogens (tertiary/aromatic N) is 5. The van der Waals surface area contributed by atoms with Gasteiger partial charge in [0, 0.05) is 53.4 Å². The van der Waals surface area contributed by atoms with Crippen molar-refractivity contribution in [2.24, 2.45) is 0 Å². The molecule has 1 aliphatic heterocycles. The third-order valence-corrected chi connectivity index (χ3v) is 6.55. The van der Waals surface area contributed by atoms with Crippen LogP contribution < -0.4 is 4.74 Å². The fourth-order valence-electron chi connectivity index (χ4n) is 4.14. The maximum absolute atomic E-state index is 13.3. The van der Waals surface area contributed by atoms with Crippen LogP contribution in [0.4, 0.5) is 0 Å². The van der Waals surface area contributed by atoms with Gasteiger partial charge in [-0.15, -0.1) is 0 Å². The third kappa shape index (κ3) is 4.90. The summed E-state index contributed by atoms with van der Waals surface area (Å²) >= 11 is 3.51. The molecule has 1 fully saturated rings. The second kappa shape index (κ2) is 10.2. The van der Waals surface area contributed by atoms with E-state index in [9.17, 15) is 15.3 Å². The van der Waals surface area contributed by atoms with Gasteiger partial charge in [-0.25, -0.2) is 0 Å². The Morgan fingerprint density at radius 1 is 1.15 bits per heavy atom. The van der Waals surface area contributed by atoms with E-state index in [1.807, 2.05) is 18.2 Å². The monoisotopic (exact) mass is 517 g/mol. The molecule has 2 aromatic carbocycles. The van der Waals surface area contributed by atoms with Crippen LogP contribution in [0.25, 0.3) is 22.6 Å². The number of carbonyl (C=O) groups is 1. The maximum Gasteiger partial charge on any atom is 0.245 e. The lowest BCUT2D eigenvalue weighted by Crippen LogP contribution is -2.46. The normalized spacial score (nSPS) is 15.1. The Labute approximate surface area is 207 Å². The van der Waals surface area contributed by atoms with E-state index in [4.69, 9.17) is 4.74 Å². The summed E-state index contributed by atoms with van der Waals surface area (Å²) in [6.45, 7) is 3.87. The minimum Gasteiger partial charge on any atom is -0.496 e. The van der Waals surface area contributed by atoms with Crippen molar-refractivity contribution in [3.8, 4) is 17.9 Å². The number of aromatic nitrogens is 1. The van der Waals surface area contributed by atoms with Gasteiger partial charge in [-0.3, -0.25) is 14.3 Å². The molecule has 0 unspecified atom stereocenters. The number of methoxy groups -OCH3 is 1. The number of fused-ring (bicyclic) bond motifs is 1. The second-order valence-corrected chi connectivity index (χ2v) is 9.20. The zero-order valence-corrected chi connectivity index (χ0v) is 20.7. The Kier molecular flexibility index (Phi) is 7.14. The molecule has 7 nitrogen and oxygen atoms in total. The quantitative estimate of drug-likeness (QED) is 0.470. The molecule has 0 atom stereocenters. The van der Waals surface area contributed by atoms with Crippen LogP contribution in [0.1, 0.15) is 21.5 Å². The van der Waals surface area contributed by atoms with Crippen molar-refractivity contribution >= 4 is 44.4 Å². The first-order valence-electron chi connectivity index (χ1n) is 10.9. The lowest BCUT2D eigenvalue weighted by molar-refractivity contribution is 0.0801. The molecule has 3 aromatic rings. The predicted octanol–water partition coefficient (Wildman–Crippen LogP) is 4.24. The lowest BCUT2D eigenvalue weighted by Gasteiger charge is -2.31. The molecule has 0 N–H and O–H groups in total. The van der Waals surface area contributed by atoms with Gasteiger partial charge in [0.2, 0.25) is 5.91 Å². The number of likely N-dealkylation sites (N-methyl/N-ethyl adjacent to an activating group) is 1. The van der Waals surface area contributed by atoms with Crippen LogP contribution >= 0.6 is 15.9 Å². The highest BCUT2D eigenvalue weighted by Gasteiger charge is 2.21. The summed E-state index contributed by atoms with van der Waals surface area (Å²) in [5, 5.41) is 20.1. The average Bonchev–Trinajstić information content (AvgIpc) is 3.22. The van der Waals surface area contributed by atoms with Gasteiger partial charge in [0.1, 0.15) is 5.75 Å². The molecule has 8 heteroatoms. The van der Waals surface area contributed by atoms with Crippen LogP contribution in [0.5, 0.6) is 5.75 Å². The SMILES string of the molecule is COc1ccc(C#N)cc1C=C(C#N)c1cn(C(=O)CN2CCN(C)CC2)c2ccc(Br)cc12. The van der Waals surface area contributed by atoms with E-state index in [0.29, 0.717) is 34.6 Å². The molecule has 1 aromatic heterocycles. The summed E-state index contributed by atoms with van der Waals surface area (Å²) in [7, 11) is 3.63. The highest BCUT2D eigenvalue weighted by Crippen LogP contribution is 2.32. The average molecular weight is 518 g/mol. The summed E-state index contributed by atoms with van der Waals surface area (Å²) in [5.74, 6) is 0.521. The fourth-order valence-corrected chi connectivity index (χ4v) is 4.50. The Morgan fingerprint density at radius 3 is 2.59 bits per heavy atom. The topological polar surface area (TPSA) is 85.3 Å². The van der Waals surface area contributed by atoms with E-state index in [0.717, 1.165) is 41.6 Å². The third-order valence-electron chi connectivity index (χ3n) is 6.06. The number of benzene rings is 2. The number of ether oxygens (including phenoxy) is 1. The van der Waals surface area contributed by atoms with Crippen LogP contribution in [-0.2, 0) is 0 Å². The van der Waals surface area contributed by atoms with Crippen molar-refractivity contribution in [2.45, 2.75) is 0 Å².